The van der Waals surface area contributed by atoms with Gasteiger partial charge in [-0.1, -0.05) is 6.92 Å². The molecule has 1 atom stereocenters. The summed E-state index contributed by atoms with van der Waals surface area (Å²) in [7, 11) is 3.09. The second-order valence-electron chi connectivity index (χ2n) is 7.98. The second-order valence-corrected chi connectivity index (χ2v) is 9.07. The highest BCUT2D eigenvalue weighted by atomic mass is 32.1. The number of hydrogen-bond acceptors (Lipinski definition) is 6. The third kappa shape index (κ3) is 4.14. The number of thiazole rings is 1. The van der Waals surface area contributed by atoms with E-state index in [0.29, 0.717) is 28.1 Å². The molecule has 0 spiro atoms. The maximum Gasteiger partial charge on any atom is 0.257 e. The van der Waals surface area contributed by atoms with Crippen molar-refractivity contribution >= 4 is 28.3 Å². The van der Waals surface area contributed by atoms with Crippen LogP contribution < -0.4 is 14.8 Å². The summed E-state index contributed by atoms with van der Waals surface area (Å²) in [6, 6.07) is 5.03. The average Bonchev–Trinajstić information content (AvgIpc) is 3.33. The molecule has 7 nitrogen and oxygen atoms in total. The van der Waals surface area contributed by atoms with Crippen LogP contribution in [-0.2, 0) is 11.2 Å². The predicted octanol–water partition coefficient (Wildman–Crippen LogP) is 3.70. The summed E-state index contributed by atoms with van der Waals surface area (Å²) in [4.78, 5) is 33.5. The Labute approximate surface area is 180 Å². The molecule has 0 bridgehead atoms. The predicted molar refractivity (Wildman–Crippen MR) is 116 cm³/mol. The van der Waals surface area contributed by atoms with Gasteiger partial charge in [-0.15, -0.1) is 11.3 Å². The van der Waals surface area contributed by atoms with E-state index in [9.17, 15) is 9.59 Å². The van der Waals surface area contributed by atoms with Crippen LogP contribution in [0.2, 0.25) is 0 Å². The van der Waals surface area contributed by atoms with Crippen LogP contribution in [-0.4, -0.2) is 49.0 Å². The van der Waals surface area contributed by atoms with Gasteiger partial charge in [0.25, 0.3) is 5.91 Å². The molecule has 8 heteroatoms. The van der Waals surface area contributed by atoms with Crippen molar-refractivity contribution in [3.8, 4) is 11.5 Å². The summed E-state index contributed by atoms with van der Waals surface area (Å²) in [5, 5.41) is 3.39. The van der Waals surface area contributed by atoms with Gasteiger partial charge < -0.3 is 14.4 Å². The van der Waals surface area contributed by atoms with E-state index in [-0.39, 0.29) is 17.7 Å². The Morgan fingerprint density at radius 3 is 2.40 bits per heavy atom. The lowest BCUT2D eigenvalue weighted by Gasteiger charge is -2.32. The quantitative estimate of drug-likeness (QED) is 0.784. The molecule has 0 saturated carbocycles. The fraction of sp³-hybridized carbons (Fsp3) is 0.500. The number of carbonyl (C=O) groups is 2. The van der Waals surface area contributed by atoms with Gasteiger partial charge in [-0.2, -0.15) is 0 Å². The fourth-order valence-corrected chi connectivity index (χ4v) is 5.11. The number of nitrogens with zero attached hydrogens (tertiary/aromatic N) is 2. The van der Waals surface area contributed by atoms with Crippen molar-refractivity contribution in [1.29, 1.82) is 0 Å². The smallest absolute Gasteiger partial charge is 0.257 e. The number of aryl methyl sites for hydroxylation is 1. The molecule has 1 aromatic heterocycles. The minimum Gasteiger partial charge on any atom is -0.497 e. The van der Waals surface area contributed by atoms with Crippen molar-refractivity contribution in [2.75, 3.05) is 32.6 Å². The van der Waals surface area contributed by atoms with E-state index in [0.717, 1.165) is 49.3 Å². The van der Waals surface area contributed by atoms with Crippen LogP contribution in [0.1, 0.15) is 53.0 Å². The fourth-order valence-electron chi connectivity index (χ4n) is 4.08. The SMILES string of the molecule is COc1cc(OC)cc(C(=O)Nc2nc3c(s2)CCC3C(=O)N2CCC(C)CC2)c1. The molecule has 1 aliphatic heterocycles. The average molecular weight is 430 g/mol. The first-order valence-corrected chi connectivity index (χ1v) is 11.1. The number of nitrogens with one attached hydrogen (secondary N) is 1. The van der Waals surface area contributed by atoms with Crippen molar-refractivity contribution in [1.82, 2.24) is 9.88 Å². The van der Waals surface area contributed by atoms with E-state index in [1.165, 1.54) is 11.3 Å². The number of aromatic nitrogens is 1. The summed E-state index contributed by atoms with van der Waals surface area (Å²) in [5.41, 5.74) is 1.26. The molecule has 1 unspecified atom stereocenters. The highest BCUT2D eigenvalue weighted by Gasteiger charge is 2.36. The molecule has 2 heterocycles. The van der Waals surface area contributed by atoms with Gasteiger partial charge in [0, 0.05) is 29.6 Å². The zero-order valence-corrected chi connectivity index (χ0v) is 18.4. The third-order valence-electron chi connectivity index (χ3n) is 5.95. The minimum absolute atomic E-state index is 0.182. The van der Waals surface area contributed by atoms with E-state index >= 15 is 0 Å². The lowest BCUT2D eigenvalue weighted by Crippen LogP contribution is -2.40. The number of carbonyl (C=O) groups excluding carboxylic acids is 2. The molecular formula is C22H27N3O4S. The molecule has 30 heavy (non-hydrogen) atoms. The van der Waals surface area contributed by atoms with Gasteiger partial charge in [-0.3, -0.25) is 14.9 Å². The molecule has 1 aromatic carbocycles. The number of rotatable bonds is 5. The van der Waals surface area contributed by atoms with Crippen LogP contribution in [0.25, 0.3) is 0 Å². The first kappa shape index (κ1) is 20.7. The zero-order valence-electron chi connectivity index (χ0n) is 17.6. The minimum atomic E-state index is -0.285. The highest BCUT2D eigenvalue weighted by molar-refractivity contribution is 7.16. The first-order valence-electron chi connectivity index (χ1n) is 10.3. The van der Waals surface area contributed by atoms with E-state index in [1.54, 1.807) is 32.4 Å². The van der Waals surface area contributed by atoms with Crippen molar-refractivity contribution in [2.45, 2.75) is 38.5 Å². The van der Waals surface area contributed by atoms with Crippen molar-refractivity contribution in [3.63, 3.8) is 0 Å². The molecule has 0 radical (unpaired) electrons. The largest absolute Gasteiger partial charge is 0.497 e. The van der Waals surface area contributed by atoms with Gasteiger partial charge in [0.15, 0.2) is 5.13 Å². The topological polar surface area (TPSA) is 80.8 Å². The number of anilines is 1. The Kier molecular flexibility index (Phi) is 5.94. The zero-order chi connectivity index (χ0) is 21.3. The van der Waals surface area contributed by atoms with Gasteiger partial charge >= 0.3 is 0 Å². The van der Waals surface area contributed by atoms with Gasteiger partial charge in [-0.25, -0.2) is 4.98 Å². The number of piperidine rings is 1. The molecule has 1 fully saturated rings. The molecular weight excluding hydrogens is 402 g/mol. The van der Waals surface area contributed by atoms with Gasteiger partial charge in [-0.05, 0) is 43.7 Å². The van der Waals surface area contributed by atoms with Crippen LogP contribution in [0.5, 0.6) is 11.5 Å². The van der Waals surface area contributed by atoms with E-state index < -0.39 is 0 Å². The number of likely N-dealkylation sites (tertiary alicyclic amines) is 1. The molecule has 1 saturated heterocycles. The Bertz CT molecular complexity index is 928. The Hall–Kier alpha value is -2.61. The Balaban J connectivity index is 1.47. The molecule has 1 N–H and O–H groups in total. The number of hydrogen-bond donors (Lipinski definition) is 1. The van der Waals surface area contributed by atoms with E-state index in [4.69, 9.17) is 9.47 Å². The number of amides is 2. The van der Waals surface area contributed by atoms with Crippen LogP contribution in [0, 0.1) is 5.92 Å². The van der Waals surface area contributed by atoms with E-state index in [2.05, 4.69) is 17.2 Å². The van der Waals surface area contributed by atoms with Gasteiger partial charge in [0.05, 0.1) is 25.8 Å². The molecule has 1 aliphatic carbocycles. The summed E-state index contributed by atoms with van der Waals surface area (Å²) in [5.74, 6) is 1.48. The molecule has 2 aromatic rings. The third-order valence-corrected chi connectivity index (χ3v) is 6.99. The molecule has 2 amide bonds. The number of ether oxygens (including phenoxy) is 2. The van der Waals surface area contributed by atoms with E-state index in [1.807, 2.05) is 4.90 Å². The highest BCUT2D eigenvalue weighted by Crippen LogP contribution is 2.40. The molecule has 160 valence electrons. The lowest BCUT2D eigenvalue weighted by atomic mass is 9.97. The Morgan fingerprint density at radius 2 is 1.77 bits per heavy atom. The summed E-state index contributed by atoms with van der Waals surface area (Å²) >= 11 is 1.46. The first-order chi connectivity index (χ1) is 14.5. The lowest BCUT2D eigenvalue weighted by molar-refractivity contribution is -0.134. The Morgan fingerprint density at radius 1 is 1.10 bits per heavy atom. The summed E-state index contributed by atoms with van der Waals surface area (Å²) in [6.45, 7) is 3.90. The maximum atomic E-state index is 13.0. The van der Waals surface area contributed by atoms with Gasteiger partial charge in [0.2, 0.25) is 5.91 Å². The molecule has 4 rings (SSSR count). The van der Waals surface area contributed by atoms with Crippen LogP contribution in [0.4, 0.5) is 5.13 Å². The number of fused-ring (bicyclic) bond motifs is 1. The van der Waals surface area contributed by atoms with Gasteiger partial charge in [0.1, 0.15) is 11.5 Å². The van der Waals surface area contributed by atoms with Crippen LogP contribution in [0.15, 0.2) is 18.2 Å². The summed E-state index contributed by atoms with van der Waals surface area (Å²) < 4.78 is 10.5. The van der Waals surface area contributed by atoms with Crippen molar-refractivity contribution in [3.05, 3.63) is 34.3 Å². The maximum absolute atomic E-state index is 13.0. The molecule has 2 aliphatic rings. The number of methoxy groups -OCH3 is 2. The van der Waals surface area contributed by atoms with Crippen LogP contribution >= 0.6 is 11.3 Å². The van der Waals surface area contributed by atoms with Crippen molar-refractivity contribution in [2.24, 2.45) is 5.92 Å². The summed E-state index contributed by atoms with van der Waals surface area (Å²) in [6.07, 6.45) is 3.76. The standard InChI is InChI=1S/C22H27N3O4S/c1-13-6-8-25(9-7-13)21(27)17-4-5-18-19(17)23-22(30-18)24-20(26)14-10-15(28-2)12-16(11-14)29-3/h10-13,17H,4-9H2,1-3H3,(H,23,24,26). The second kappa shape index (κ2) is 8.63. The normalized spacial score (nSPS) is 18.8. The van der Waals surface area contributed by atoms with Crippen LogP contribution in [0.3, 0.4) is 0 Å². The van der Waals surface area contributed by atoms with Crippen molar-refractivity contribution < 1.29 is 19.1 Å². The monoisotopic (exact) mass is 429 g/mol. The number of benzene rings is 1.